The number of aliphatic hydroxyl groups is 4. The second kappa shape index (κ2) is 14.8. The van der Waals surface area contributed by atoms with Gasteiger partial charge in [-0.25, -0.2) is 0 Å². The van der Waals surface area contributed by atoms with Crippen molar-refractivity contribution in [3.63, 3.8) is 0 Å². The van der Waals surface area contributed by atoms with E-state index < -0.39 is 12.2 Å². The van der Waals surface area contributed by atoms with Crippen LogP contribution in [-0.4, -0.2) is 69.4 Å². The fourth-order valence-corrected chi connectivity index (χ4v) is 5.82. The SMILES string of the molecule is CCCC1CCCCCCCCC(C(C)(CC)N(CC(O)CO)CC(O)CO)C1C. The van der Waals surface area contributed by atoms with Crippen LogP contribution in [0.15, 0.2) is 0 Å². The highest BCUT2D eigenvalue weighted by Crippen LogP contribution is 2.43. The van der Waals surface area contributed by atoms with Crippen LogP contribution in [0.5, 0.6) is 0 Å². The van der Waals surface area contributed by atoms with Crippen LogP contribution in [-0.2, 0) is 0 Å². The fraction of sp³-hybridized carbons (Fsp3) is 1.00. The van der Waals surface area contributed by atoms with E-state index in [0.29, 0.717) is 30.8 Å². The summed E-state index contributed by atoms with van der Waals surface area (Å²) >= 11 is 0. The van der Waals surface area contributed by atoms with Gasteiger partial charge in [0, 0.05) is 18.6 Å². The first-order chi connectivity index (χ1) is 14.3. The standard InChI is InChI=1S/C25H51NO4/c1-5-13-21-14-11-9-7-8-10-12-15-24(20(21)3)25(4,6-2)26(16-22(29)18-27)17-23(30)19-28/h20-24,27-30H,5-19H2,1-4H3. The van der Waals surface area contributed by atoms with E-state index in [1.165, 1.54) is 57.8 Å². The highest BCUT2D eigenvalue weighted by Gasteiger charge is 2.43. The molecule has 180 valence electrons. The Morgan fingerprint density at radius 1 is 0.867 bits per heavy atom. The second-order valence-electron chi connectivity index (χ2n) is 10.0. The third-order valence-electron chi connectivity index (χ3n) is 7.90. The van der Waals surface area contributed by atoms with Crippen molar-refractivity contribution in [2.75, 3.05) is 26.3 Å². The van der Waals surface area contributed by atoms with Gasteiger partial charge in [-0.05, 0) is 37.5 Å². The molecule has 0 saturated heterocycles. The Morgan fingerprint density at radius 2 is 1.37 bits per heavy atom. The van der Waals surface area contributed by atoms with E-state index in [0.717, 1.165) is 12.8 Å². The highest BCUT2D eigenvalue weighted by atomic mass is 16.3. The summed E-state index contributed by atoms with van der Waals surface area (Å²) in [5.74, 6) is 1.72. The average molecular weight is 430 g/mol. The van der Waals surface area contributed by atoms with Gasteiger partial charge in [0.05, 0.1) is 25.4 Å². The maximum Gasteiger partial charge on any atom is 0.0897 e. The van der Waals surface area contributed by atoms with Crippen LogP contribution in [0.25, 0.3) is 0 Å². The zero-order valence-electron chi connectivity index (χ0n) is 20.2. The first-order valence-electron chi connectivity index (χ1n) is 12.7. The van der Waals surface area contributed by atoms with Crippen LogP contribution in [0.2, 0.25) is 0 Å². The Labute approximate surface area is 185 Å². The third kappa shape index (κ3) is 8.38. The molecule has 30 heavy (non-hydrogen) atoms. The maximum atomic E-state index is 10.3. The summed E-state index contributed by atoms with van der Waals surface area (Å²) in [6, 6.07) is 0. The molecular formula is C25H51NO4. The number of nitrogens with zero attached hydrogens (tertiary/aromatic N) is 1. The lowest BCUT2D eigenvalue weighted by molar-refractivity contribution is -0.0610. The molecule has 0 spiro atoms. The van der Waals surface area contributed by atoms with E-state index in [4.69, 9.17) is 0 Å². The molecule has 6 unspecified atom stereocenters. The van der Waals surface area contributed by atoms with Crippen molar-refractivity contribution in [1.29, 1.82) is 0 Å². The van der Waals surface area contributed by atoms with Crippen LogP contribution >= 0.6 is 0 Å². The number of β-amino-alcohol motifs (C(OH)–C–C–N with tert-alkyl or cyclic N) is 2. The van der Waals surface area contributed by atoms with E-state index in [2.05, 4.69) is 32.6 Å². The quantitative estimate of drug-likeness (QED) is 0.399. The summed E-state index contributed by atoms with van der Waals surface area (Å²) in [6.07, 6.45) is 12.0. The molecule has 4 N–H and O–H groups in total. The lowest BCUT2D eigenvalue weighted by atomic mass is 9.66. The molecule has 0 heterocycles. The predicted molar refractivity (Wildman–Crippen MR) is 124 cm³/mol. The van der Waals surface area contributed by atoms with Crippen molar-refractivity contribution in [1.82, 2.24) is 4.90 Å². The van der Waals surface area contributed by atoms with Crippen LogP contribution < -0.4 is 0 Å². The second-order valence-corrected chi connectivity index (χ2v) is 10.0. The predicted octanol–water partition coefficient (Wildman–Crippen LogP) is 3.97. The summed E-state index contributed by atoms with van der Waals surface area (Å²) in [5, 5.41) is 39.5. The molecule has 0 aliphatic heterocycles. The Bertz CT molecular complexity index is 423. The topological polar surface area (TPSA) is 84.2 Å². The van der Waals surface area contributed by atoms with Gasteiger partial charge in [-0.15, -0.1) is 0 Å². The zero-order valence-corrected chi connectivity index (χ0v) is 20.2. The number of hydrogen-bond donors (Lipinski definition) is 4. The fourth-order valence-electron chi connectivity index (χ4n) is 5.82. The van der Waals surface area contributed by atoms with E-state index >= 15 is 0 Å². The van der Waals surface area contributed by atoms with Gasteiger partial charge >= 0.3 is 0 Å². The average Bonchev–Trinajstić information content (AvgIpc) is 2.78. The Morgan fingerprint density at radius 3 is 1.83 bits per heavy atom. The molecule has 1 aliphatic carbocycles. The molecule has 1 rings (SSSR count). The molecule has 0 bridgehead atoms. The van der Waals surface area contributed by atoms with Gasteiger partial charge in [0.2, 0.25) is 0 Å². The molecule has 0 amide bonds. The van der Waals surface area contributed by atoms with Crippen molar-refractivity contribution >= 4 is 0 Å². The van der Waals surface area contributed by atoms with Crippen molar-refractivity contribution in [3.05, 3.63) is 0 Å². The molecule has 0 aromatic heterocycles. The van der Waals surface area contributed by atoms with E-state index in [1.54, 1.807) is 0 Å². The first-order valence-corrected chi connectivity index (χ1v) is 12.7. The summed E-state index contributed by atoms with van der Waals surface area (Å²) < 4.78 is 0. The van der Waals surface area contributed by atoms with Gasteiger partial charge in [-0.3, -0.25) is 4.90 Å². The van der Waals surface area contributed by atoms with Crippen molar-refractivity contribution < 1.29 is 20.4 Å². The maximum absolute atomic E-state index is 10.3. The van der Waals surface area contributed by atoms with Crippen molar-refractivity contribution in [3.8, 4) is 0 Å². The zero-order chi connectivity index (χ0) is 22.6. The van der Waals surface area contributed by atoms with Gasteiger partial charge in [-0.1, -0.05) is 78.6 Å². The minimum Gasteiger partial charge on any atom is -0.394 e. The van der Waals surface area contributed by atoms with E-state index in [9.17, 15) is 20.4 Å². The van der Waals surface area contributed by atoms with Gasteiger partial charge in [0.25, 0.3) is 0 Å². The number of rotatable bonds is 11. The Kier molecular flexibility index (Phi) is 13.7. The minimum atomic E-state index is -0.841. The molecule has 1 saturated carbocycles. The molecule has 1 fully saturated rings. The molecule has 0 radical (unpaired) electrons. The van der Waals surface area contributed by atoms with Gasteiger partial charge in [0.1, 0.15) is 0 Å². The van der Waals surface area contributed by atoms with Crippen LogP contribution in [0.1, 0.15) is 98.3 Å². The van der Waals surface area contributed by atoms with Gasteiger partial charge in [-0.2, -0.15) is 0 Å². The van der Waals surface area contributed by atoms with Gasteiger partial charge < -0.3 is 20.4 Å². The molecular weight excluding hydrogens is 378 g/mol. The molecule has 6 atom stereocenters. The highest BCUT2D eigenvalue weighted by molar-refractivity contribution is 4.97. The molecule has 5 nitrogen and oxygen atoms in total. The molecule has 5 heteroatoms. The lowest BCUT2D eigenvalue weighted by Crippen LogP contribution is -2.58. The molecule has 1 aliphatic rings. The van der Waals surface area contributed by atoms with Crippen LogP contribution in [0.3, 0.4) is 0 Å². The lowest BCUT2D eigenvalue weighted by Gasteiger charge is -2.51. The number of hydrogen-bond acceptors (Lipinski definition) is 5. The summed E-state index contributed by atoms with van der Waals surface area (Å²) in [6.45, 7) is 9.27. The normalized spacial score (nSPS) is 28.5. The smallest absolute Gasteiger partial charge is 0.0897 e. The van der Waals surface area contributed by atoms with Crippen LogP contribution in [0, 0.1) is 17.8 Å². The van der Waals surface area contributed by atoms with E-state index in [1.807, 2.05) is 0 Å². The Balaban J connectivity index is 3.25. The first kappa shape index (κ1) is 27.8. The van der Waals surface area contributed by atoms with Crippen molar-refractivity contribution in [2.45, 2.75) is 116 Å². The molecule has 0 aromatic rings. The minimum absolute atomic E-state index is 0.203. The van der Waals surface area contributed by atoms with Gasteiger partial charge in [0.15, 0.2) is 0 Å². The molecule has 0 aromatic carbocycles. The summed E-state index contributed by atoms with van der Waals surface area (Å²) in [7, 11) is 0. The summed E-state index contributed by atoms with van der Waals surface area (Å²) in [4.78, 5) is 2.17. The summed E-state index contributed by atoms with van der Waals surface area (Å²) in [5.41, 5.74) is -0.203. The van der Waals surface area contributed by atoms with E-state index in [-0.39, 0.29) is 18.8 Å². The third-order valence-corrected chi connectivity index (χ3v) is 7.90. The monoisotopic (exact) mass is 429 g/mol. The Hall–Kier alpha value is -0.200. The largest absolute Gasteiger partial charge is 0.394 e. The van der Waals surface area contributed by atoms with Crippen LogP contribution in [0.4, 0.5) is 0 Å². The number of aliphatic hydroxyl groups excluding tert-OH is 4. The van der Waals surface area contributed by atoms with Crippen molar-refractivity contribution in [2.24, 2.45) is 17.8 Å².